The second-order valence-corrected chi connectivity index (χ2v) is 6.84. The van der Waals surface area contributed by atoms with Gasteiger partial charge in [0.1, 0.15) is 17.3 Å². The number of rotatable bonds is 3. The van der Waals surface area contributed by atoms with Crippen molar-refractivity contribution in [3.63, 3.8) is 0 Å². The van der Waals surface area contributed by atoms with Crippen molar-refractivity contribution in [1.82, 2.24) is 14.9 Å². The van der Waals surface area contributed by atoms with E-state index in [1.807, 2.05) is 11.8 Å². The number of amides is 1. The van der Waals surface area contributed by atoms with E-state index in [0.717, 1.165) is 37.2 Å². The number of carbonyl (C=O) groups is 1. The van der Waals surface area contributed by atoms with Crippen molar-refractivity contribution in [3.8, 4) is 0 Å². The van der Waals surface area contributed by atoms with E-state index in [9.17, 15) is 4.79 Å². The molecular weight excluding hydrogens is 312 g/mol. The summed E-state index contributed by atoms with van der Waals surface area (Å²) in [4.78, 5) is 23.6. The van der Waals surface area contributed by atoms with Crippen LogP contribution in [0.3, 0.4) is 0 Å². The summed E-state index contributed by atoms with van der Waals surface area (Å²) >= 11 is 0. The van der Waals surface area contributed by atoms with Gasteiger partial charge in [-0.25, -0.2) is 9.97 Å². The average molecular weight is 338 g/mol. The molecule has 132 valence electrons. The van der Waals surface area contributed by atoms with Crippen molar-refractivity contribution < 1.29 is 4.79 Å². The highest BCUT2D eigenvalue weighted by Gasteiger charge is 2.19. The van der Waals surface area contributed by atoms with E-state index >= 15 is 0 Å². The van der Waals surface area contributed by atoms with Crippen molar-refractivity contribution in [2.75, 3.05) is 18.4 Å². The smallest absolute Gasteiger partial charge is 0.272 e. The first kappa shape index (κ1) is 17.4. The van der Waals surface area contributed by atoms with E-state index in [1.54, 1.807) is 6.07 Å². The summed E-state index contributed by atoms with van der Waals surface area (Å²) in [5.41, 5.74) is 3.80. The Morgan fingerprint density at radius 1 is 1.00 bits per heavy atom. The number of aromatic nitrogens is 2. The third-order valence-corrected chi connectivity index (χ3v) is 4.61. The van der Waals surface area contributed by atoms with Crippen LogP contribution < -0.4 is 5.32 Å². The third kappa shape index (κ3) is 4.35. The van der Waals surface area contributed by atoms with Crippen molar-refractivity contribution in [2.24, 2.45) is 0 Å². The molecule has 0 bridgehead atoms. The lowest BCUT2D eigenvalue weighted by Crippen LogP contribution is -2.32. The molecule has 0 unspecified atom stereocenters. The Kier molecular flexibility index (Phi) is 5.31. The molecule has 3 rings (SSSR count). The minimum absolute atomic E-state index is 0.0106. The first-order valence-electron chi connectivity index (χ1n) is 9.02. The van der Waals surface area contributed by atoms with Crippen molar-refractivity contribution in [1.29, 1.82) is 0 Å². The molecule has 1 aromatic heterocycles. The Morgan fingerprint density at radius 2 is 1.72 bits per heavy atom. The number of nitrogens with one attached hydrogen (secondary N) is 1. The van der Waals surface area contributed by atoms with Crippen LogP contribution in [-0.2, 0) is 0 Å². The summed E-state index contributed by atoms with van der Waals surface area (Å²) in [6.45, 7) is 7.58. The van der Waals surface area contributed by atoms with Crippen LogP contribution in [0.1, 0.15) is 53.1 Å². The molecule has 0 aliphatic carbocycles. The molecule has 2 aromatic rings. The van der Waals surface area contributed by atoms with Gasteiger partial charge in [-0.3, -0.25) is 4.79 Å². The summed E-state index contributed by atoms with van der Waals surface area (Å²) in [7, 11) is 0. The first-order chi connectivity index (χ1) is 12.0. The molecular formula is C20H26N4O. The van der Waals surface area contributed by atoms with E-state index in [-0.39, 0.29) is 5.91 Å². The zero-order valence-corrected chi connectivity index (χ0v) is 15.3. The predicted molar refractivity (Wildman–Crippen MR) is 100 cm³/mol. The highest BCUT2D eigenvalue weighted by Crippen LogP contribution is 2.22. The molecule has 25 heavy (non-hydrogen) atoms. The molecule has 1 aromatic carbocycles. The van der Waals surface area contributed by atoms with Gasteiger partial charge in [0.15, 0.2) is 0 Å². The SMILES string of the molecule is Cc1ccc(C)c(Nc2cc(C(=O)N3CCCCCC3)nc(C)n2)c1. The normalized spacial score (nSPS) is 14.9. The van der Waals surface area contributed by atoms with E-state index in [1.165, 1.54) is 18.4 Å². The Labute approximate surface area is 149 Å². The Bertz CT molecular complexity index is 764. The Hall–Kier alpha value is -2.43. The highest BCUT2D eigenvalue weighted by molar-refractivity contribution is 5.93. The molecule has 0 saturated carbocycles. The molecule has 1 fully saturated rings. The molecule has 0 atom stereocenters. The lowest BCUT2D eigenvalue weighted by molar-refractivity contribution is 0.0755. The summed E-state index contributed by atoms with van der Waals surface area (Å²) in [5.74, 6) is 1.28. The van der Waals surface area contributed by atoms with Crippen molar-refractivity contribution in [2.45, 2.75) is 46.5 Å². The fourth-order valence-corrected chi connectivity index (χ4v) is 3.19. The van der Waals surface area contributed by atoms with Gasteiger partial charge in [0.25, 0.3) is 5.91 Å². The maximum Gasteiger partial charge on any atom is 0.272 e. The number of hydrogen-bond donors (Lipinski definition) is 1. The zero-order chi connectivity index (χ0) is 17.8. The van der Waals surface area contributed by atoms with Gasteiger partial charge in [-0.2, -0.15) is 0 Å². The summed E-state index contributed by atoms with van der Waals surface area (Å²) in [5, 5.41) is 3.34. The average Bonchev–Trinajstić information content (AvgIpc) is 2.86. The number of hydrogen-bond acceptors (Lipinski definition) is 4. The van der Waals surface area contributed by atoms with Crippen LogP contribution in [0.25, 0.3) is 0 Å². The maximum absolute atomic E-state index is 12.8. The van der Waals surface area contributed by atoms with Gasteiger partial charge in [-0.05, 0) is 50.8 Å². The second-order valence-electron chi connectivity index (χ2n) is 6.84. The summed E-state index contributed by atoms with van der Waals surface area (Å²) in [6, 6.07) is 8.01. The van der Waals surface area contributed by atoms with E-state index in [2.05, 4.69) is 47.3 Å². The minimum atomic E-state index is 0.0106. The molecule has 1 aliphatic rings. The lowest BCUT2D eigenvalue weighted by Gasteiger charge is -2.20. The van der Waals surface area contributed by atoms with Crippen LogP contribution in [-0.4, -0.2) is 33.9 Å². The fourth-order valence-electron chi connectivity index (χ4n) is 3.19. The first-order valence-corrected chi connectivity index (χ1v) is 9.02. The standard InChI is InChI=1S/C20H26N4O/c1-14-8-9-15(2)17(12-14)23-19-13-18(21-16(3)22-19)20(25)24-10-6-4-5-7-11-24/h8-9,12-13H,4-7,10-11H2,1-3H3,(H,21,22,23). The van der Waals surface area contributed by atoms with Crippen molar-refractivity contribution >= 4 is 17.4 Å². The maximum atomic E-state index is 12.8. The molecule has 0 radical (unpaired) electrons. The summed E-state index contributed by atoms with van der Waals surface area (Å²) in [6.07, 6.45) is 4.55. The number of nitrogens with zero attached hydrogens (tertiary/aromatic N) is 3. The molecule has 0 spiro atoms. The number of benzene rings is 1. The van der Waals surface area contributed by atoms with E-state index in [4.69, 9.17) is 0 Å². The number of carbonyl (C=O) groups excluding carboxylic acids is 1. The molecule has 2 heterocycles. The van der Waals surface area contributed by atoms with Crippen LogP contribution in [0.15, 0.2) is 24.3 Å². The Morgan fingerprint density at radius 3 is 2.44 bits per heavy atom. The minimum Gasteiger partial charge on any atom is -0.340 e. The largest absolute Gasteiger partial charge is 0.340 e. The number of likely N-dealkylation sites (tertiary alicyclic amines) is 1. The molecule has 1 amide bonds. The van der Waals surface area contributed by atoms with Gasteiger partial charge in [0, 0.05) is 24.8 Å². The third-order valence-electron chi connectivity index (χ3n) is 4.61. The fraction of sp³-hybridized carbons (Fsp3) is 0.450. The molecule has 5 heteroatoms. The van der Waals surface area contributed by atoms with Gasteiger partial charge in [0.2, 0.25) is 0 Å². The number of aryl methyl sites for hydroxylation is 3. The van der Waals surface area contributed by atoms with Gasteiger partial charge in [-0.1, -0.05) is 25.0 Å². The van der Waals surface area contributed by atoms with Crippen LogP contribution in [0.5, 0.6) is 0 Å². The van der Waals surface area contributed by atoms with Gasteiger partial charge >= 0.3 is 0 Å². The highest BCUT2D eigenvalue weighted by atomic mass is 16.2. The molecule has 1 aliphatic heterocycles. The molecule has 1 saturated heterocycles. The van der Waals surface area contributed by atoms with E-state index in [0.29, 0.717) is 17.3 Å². The molecule has 5 nitrogen and oxygen atoms in total. The van der Waals surface area contributed by atoms with Gasteiger partial charge < -0.3 is 10.2 Å². The van der Waals surface area contributed by atoms with Crippen LogP contribution >= 0.6 is 0 Å². The van der Waals surface area contributed by atoms with Gasteiger partial charge in [-0.15, -0.1) is 0 Å². The topological polar surface area (TPSA) is 58.1 Å². The Balaban J connectivity index is 1.84. The van der Waals surface area contributed by atoms with Gasteiger partial charge in [0.05, 0.1) is 0 Å². The van der Waals surface area contributed by atoms with E-state index < -0.39 is 0 Å². The van der Waals surface area contributed by atoms with Crippen LogP contribution in [0.2, 0.25) is 0 Å². The summed E-state index contributed by atoms with van der Waals surface area (Å²) < 4.78 is 0. The lowest BCUT2D eigenvalue weighted by atomic mass is 10.1. The quantitative estimate of drug-likeness (QED) is 0.913. The van der Waals surface area contributed by atoms with Crippen LogP contribution in [0.4, 0.5) is 11.5 Å². The van der Waals surface area contributed by atoms with Crippen molar-refractivity contribution in [3.05, 3.63) is 46.9 Å². The molecule has 1 N–H and O–H groups in total. The zero-order valence-electron chi connectivity index (χ0n) is 15.3. The second kappa shape index (κ2) is 7.64. The monoisotopic (exact) mass is 338 g/mol. The number of anilines is 2. The van der Waals surface area contributed by atoms with Crippen LogP contribution in [0, 0.1) is 20.8 Å². The predicted octanol–water partition coefficient (Wildman–Crippen LogP) is 4.16.